The van der Waals surface area contributed by atoms with Crippen molar-refractivity contribution in [3.05, 3.63) is 17.3 Å². The molecule has 5 rings (SSSR count). The molecule has 30 heavy (non-hydrogen) atoms. The zero-order chi connectivity index (χ0) is 20.5. The quantitative estimate of drug-likeness (QED) is 0.773. The Labute approximate surface area is 177 Å². The van der Waals surface area contributed by atoms with Gasteiger partial charge < -0.3 is 19.9 Å². The van der Waals surface area contributed by atoms with E-state index in [9.17, 15) is 9.59 Å². The zero-order valence-corrected chi connectivity index (χ0v) is 17.5. The van der Waals surface area contributed by atoms with Crippen LogP contribution in [-0.4, -0.2) is 72.3 Å². The lowest BCUT2D eigenvalue weighted by Gasteiger charge is -2.40. The molecule has 0 bridgehead atoms. The Hall–Kier alpha value is -2.22. The first kappa shape index (κ1) is 19.7. The van der Waals surface area contributed by atoms with Gasteiger partial charge >= 0.3 is 0 Å². The number of amides is 2. The van der Waals surface area contributed by atoms with E-state index in [2.05, 4.69) is 26.5 Å². The summed E-state index contributed by atoms with van der Waals surface area (Å²) >= 11 is 0. The van der Waals surface area contributed by atoms with E-state index in [4.69, 9.17) is 4.74 Å². The third-order valence-corrected chi connectivity index (χ3v) is 7.06. The van der Waals surface area contributed by atoms with Crippen molar-refractivity contribution < 1.29 is 14.3 Å². The molecule has 1 aliphatic carbocycles. The van der Waals surface area contributed by atoms with Crippen LogP contribution in [0.25, 0.3) is 0 Å². The molecule has 1 atom stereocenters. The van der Waals surface area contributed by atoms with Crippen molar-refractivity contribution in [1.82, 2.24) is 20.4 Å². The number of carbonyl (C=O) groups is 2. The Morgan fingerprint density at radius 2 is 1.93 bits per heavy atom. The Kier molecular flexibility index (Phi) is 5.58. The van der Waals surface area contributed by atoms with Gasteiger partial charge in [0.2, 0.25) is 11.8 Å². The van der Waals surface area contributed by atoms with Crippen LogP contribution in [0.2, 0.25) is 0 Å². The molecule has 3 fully saturated rings. The minimum Gasteiger partial charge on any atom is -0.381 e. The number of hydrogen-bond donors (Lipinski definition) is 1. The normalized spacial score (nSPS) is 25.2. The number of nitrogens with zero attached hydrogens (tertiary/aromatic N) is 4. The van der Waals surface area contributed by atoms with E-state index in [1.165, 1.54) is 18.4 Å². The number of aryl methyl sites for hydroxylation is 2. The molecule has 1 aromatic rings. The summed E-state index contributed by atoms with van der Waals surface area (Å²) in [5.74, 6) is 1.30. The minimum absolute atomic E-state index is 0.0185. The predicted molar refractivity (Wildman–Crippen MR) is 111 cm³/mol. The van der Waals surface area contributed by atoms with E-state index in [-0.39, 0.29) is 23.8 Å². The van der Waals surface area contributed by atoms with Gasteiger partial charge in [-0.05, 0) is 50.2 Å². The van der Waals surface area contributed by atoms with Crippen molar-refractivity contribution >= 4 is 17.6 Å². The predicted octanol–water partition coefficient (Wildman–Crippen LogP) is 0.935. The number of hydrogen-bond acceptors (Lipinski definition) is 6. The molecule has 4 aliphatic rings. The number of rotatable bonds is 5. The second-order valence-electron chi connectivity index (χ2n) is 9.19. The fraction of sp³-hybridized carbons (Fsp3) is 0.727. The second kappa shape index (κ2) is 8.49. The lowest BCUT2D eigenvalue weighted by molar-refractivity contribution is -0.131. The highest BCUT2D eigenvalue weighted by atomic mass is 16.5. The van der Waals surface area contributed by atoms with E-state index in [1.807, 2.05) is 4.90 Å². The molecular formula is C22H31N5O3. The minimum atomic E-state index is -0.219. The van der Waals surface area contributed by atoms with Gasteiger partial charge in [-0.15, -0.1) is 5.10 Å². The monoisotopic (exact) mass is 413 g/mol. The van der Waals surface area contributed by atoms with Crippen LogP contribution in [0.1, 0.15) is 43.4 Å². The number of carbonyl (C=O) groups excluding carboxylic acids is 2. The van der Waals surface area contributed by atoms with Gasteiger partial charge in [-0.3, -0.25) is 9.59 Å². The highest BCUT2D eigenvalue weighted by Crippen LogP contribution is 2.27. The standard InChI is InChI=1S/C22H31N5O3/c28-21-10-17(14-27(21)18-5-7-30-8-6-18)22(29)23-11-15-12-26(13-15)20-9-16-3-1-2-4-19(16)24-25-20/h9,15,17-18H,1-8,10-14H2,(H,23,29). The van der Waals surface area contributed by atoms with Gasteiger partial charge in [-0.2, -0.15) is 5.10 Å². The second-order valence-corrected chi connectivity index (χ2v) is 9.19. The van der Waals surface area contributed by atoms with Crippen LogP contribution < -0.4 is 10.2 Å². The smallest absolute Gasteiger partial charge is 0.225 e. The average Bonchev–Trinajstić information content (AvgIpc) is 3.15. The maximum atomic E-state index is 12.6. The first-order chi connectivity index (χ1) is 14.7. The Bertz CT molecular complexity index is 804. The molecule has 0 radical (unpaired) electrons. The molecule has 8 heteroatoms. The van der Waals surface area contributed by atoms with Crippen LogP contribution in [0.4, 0.5) is 5.82 Å². The maximum absolute atomic E-state index is 12.6. The van der Waals surface area contributed by atoms with E-state index in [0.29, 0.717) is 38.6 Å². The number of fused-ring (bicyclic) bond motifs is 1. The van der Waals surface area contributed by atoms with Gasteiger partial charge in [-0.25, -0.2) is 0 Å². The van der Waals surface area contributed by atoms with Gasteiger partial charge in [-0.1, -0.05) is 0 Å². The highest BCUT2D eigenvalue weighted by molar-refractivity contribution is 5.89. The molecule has 3 aliphatic heterocycles. The molecule has 1 unspecified atom stereocenters. The molecule has 8 nitrogen and oxygen atoms in total. The van der Waals surface area contributed by atoms with Gasteiger partial charge in [0.1, 0.15) is 0 Å². The summed E-state index contributed by atoms with van der Waals surface area (Å²) in [5, 5.41) is 11.9. The van der Waals surface area contributed by atoms with Crippen LogP contribution >= 0.6 is 0 Å². The highest BCUT2D eigenvalue weighted by Gasteiger charge is 2.39. The SMILES string of the molecule is O=C(NCC1CN(c2cc3c(nn2)CCCC3)C1)C1CC(=O)N(C2CCOCC2)C1. The van der Waals surface area contributed by atoms with Crippen molar-refractivity contribution in [3.63, 3.8) is 0 Å². The van der Waals surface area contributed by atoms with E-state index < -0.39 is 0 Å². The molecule has 1 aromatic heterocycles. The number of aromatic nitrogens is 2. The number of likely N-dealkylation sites (tertiary alicyclic amines) is 1. The maximum Gasteiger partial charge on any atom is 0.225 e. The molecular weight excluding hydrogens is 382 g/mol. The third kappa shape index (κ3) is 4.02. The Morgan fingerprint density at radius 3 is 2.77 bits per heavy atom. The molecule has 0 aromatic carbocycles. The summed E-state index contributed by atoms with van der Waals surface area (Å²) in [5.41, 5.74) is 2.51. The molecule has 4 heterocycles. The van der Waals surface area contributed by atoms with Crippen LogP contribution in [0, 0.1) is 11.8 Å². The van der Waals surface area contributed by atoms with Gasteiger partial charge in [0.25, 0.3) is 0 Å². The molecule has 162 valence electrons. The fourth-order valence-electron chi connectivity index (χ4n) is 5.17. The van der Waals surface area contributed by atoms with E-state index in [1.54, 1.807) is 0 Å². The van der Waals surface area contributed by atoms with Crippen molar-refractivity contribution in [2.45, 2.75) is 51.0 Å². The Balaban J connectivity index is 1.07. The fourth-order valence-corrected chi connectivity index (χ4v) is 5.17. The lowest BCUT2D eigenvalue weighted by atomic mass is 9.95. The van der Waals surface area contributed by atoms with Gasteiger partial charge in [0.05, 0.1) is 11.6 Å². The molecule has 0 spiro atoms. The molecule has 2 amide bonds. The first-order valence-corrected chi connectivity index (χ1v) is 11.4. The topological polar surface area (TPSA) is 87.7 Å². The zero-order valence-electron chi connectivity index (χ0n) is 17.5. The summed E-state index contributed by atoms with van der Waals surface area (Å²) in [6.45, 7) is 4.42. The van der Waals surface area contributed by atoms with Crippen molar-refractivity contribution in [2.24, 2.45) is 11.8 Å². The van der Waals surface area contributed by atoms with Crippen molar-refractivity contribution in [3.8, 4) is 0 Å². The van der Waals surface area contributed by atoms with E-state index >= 15 is 0 Å². The summed E-state index contributed by atoms with van der Waals surface area (Å²) in [6.07, 6.45) is 6.70. The van der Waals surface area contributed by atoms with Gasteiger partial charge in [0.15, 0.2) is 5.82 Å². The number of anilines is 1. The van der Waals surface area contributed by atoms with Crippen molar-refractivity contribution in [2.75, 3.05) is 44.3 Å². The largest absolute Gasteiger partial charge is 0.381 e. The lowest BCUT2D eigenvalue weighted by Crippen LogP contribution is -2.52. The number of ether oxygens (including phenoxy) is 1. The molecule has 0 saturated carbocycles. The average molecular weight is 414 g/mol. The van der Waals surface area contributed by atoms with Crippen LogP contribution in [-0.2, 0) is 27.2 Å². The van der Waals surface area contributed by atoms with Crippen LogP contribution in [0.15, 0.2) is 6.07 Å². The molecule has 3 saturated heterocycles. The Morgan fingerprint density at radius 1 is 1.13 bits per heavy atom. The van der Waals surface area contributed by atoms with Crippen molar-refractivity contribution in [1.29, 1.82) is 0 Å². The van der Waals surface area contributed by atoms with Crippen LogP contribution in [0.5, 0.6) is 0 Å². The first-order valence-electron chi connectivity index (χ1n) is 11.4. The summed E-state index contributed by atoms with van der Waals surface area (Å²) in [7, 11) is 0. The van der Waals surface area contributed by atoms with E-state index in [0.717, 1.165) is 50.3 Å². The third-order valence-electron chi connectivity index (χ3n) is 7.06. The number of nitrogens with one attached hydrogen (secondary N) is 1. The summed E-state index contributed by atoms with van der Waals surface area (Å²) in [4.78, 5) is 29.2. The molecule has 1 N–H and O–H groups in total. The van der Waals surface area contributed by atoms with Gasteiger partial charge in [0, 0.05) is 57.8 Å². The summed E-state index contributed by atoms with van der Waals surface area (Å²) < 4.78 is 5.39. The van der Waals surface area contributed by atoms with Crippen LogP contribution in [0.3, 0.4) is 0 Å². The summed E-state index contributed by atoms with van der Waals surface area (Å²) in [6, 6.07) is 2.44.